The third-order valence-corrected chi connectivity index (χ3v) is 9.88. The van der Waals surface area contributed by atoms with Crippen LogP contribution in [0.1, 0.15) is 55.8 Å². The maximum absolute atomic E-state index is 13.4. The molecule has 1 aliphatic rings. The van der Waals surface area contributed by atoms with Gasteiger partial charge in [0.1, 0.15) is 0 Å². The Kier molecular flexibility index (Phi) is 10.6. The van der Waals surface area contributed by atoms with Gasteiger partial charge < -0.3 is 15.5 Å². The number of sulfonamides is 1. The minimum Gasteiger partial charge on any atom is -0.370 e. The number of nitrogens with zero attached hydrogens (tertiary/aromatic N) is 2. The second-order valence-corrected chi connectivity index (χ2v) is 14.0. The molecule has 210 valence electrons. The van der Waals surface area contributed by atoms with Crippen molar-refractivity contribution >= 4 is 42.7 Å². The molecule has 0 aromatic heterocycles. The Morgan fingerprint density at radius 2 is 1.74 bits per heavy atom. The van der Waals surface area contributed by atoms with Gasteiger partial charge in [-0.25, -0.2) is 17.4 Å². The number of hydrogen-bond acceptors (Lipinski definition) is 7. The molecule has 1 atom stereocenters. The quantitative estimate of drug-likeness (QED) is 0.327. The Bertz CT molecular complexity index is 1290. The molecule has 0 bridgehead atoms. The number of benzene rings is 2. The predicted molar refractivity (Wildman–Crippen MR) is 157 cm³/mol. The molecule has 1 unspecified atom stereocenters. The van der Waals surface area contributed by atoms with Gasteiger partial charge in [-0.3, -0.25) is 9.10 Å². The number of hydrogen-bond donors (Lipinski definition) is 3. The molecule has 1 aliphatic heterocycles. The molecule has 2 aromatic carbocycles. The lowest BCUT2D eigenvalue weighted by Crippen LogP contribution is -2.30. The van der Waals surface area contributed by atoms with Crippen LogP contribution < -0.4 is 19.8 Å². The molecule has 0 saturated carbocycles. The summed E-state index contributed by atoms with van der Waals surface area (Å²) in [6.45, 7) is 5.52. The van der Waals surface area contributed by atoms with Crippen LogP contribution in [-0.4, -0.2) is 63.8 Å². The zero-order valence-corrected chi connectivity index (χ0v) is 24.3. The van der Waals surface area contributed by atoms with Gasteiger partial charge in [0, 0.05) is 48.7 Å². The van der Waals surface area contributed by atoms with E-state index in [-0.39, 0.29) is 11.3 Å². The summed E-state index contributed by atoms with van der Waals surface area (Å²) in [5, 5.41) is 6.21. The van der Waals surface area contributed by atoms with Crippen molar-refractivity contribution in [3.05, 3.63) is 48.0 Å². The highest BCUT2D eigenvalue weighted by Crippen LogP contribution is 2.29. The summed E-state index contributed by atoms with van der Waals surface area (Å²) in [6, 6.07) is 11.8. The molecule has 1 amide bonds. The largest absolute Gasteiger partial charge is 0.370 e. The SMILES string of the molecule is CCCCCCCS(=N)(=O)c1ccc(NC(=O)c2cc(N3CCCNCC3)ccc2N(C)S(C)(=O)=O)cc1. The minimum absolute atomic E-state index is 0.244. The van der Waals surface area contributed by atoms with E-state index in [4.69, 9.17) is 4.78 Å². The van der Waals surface area contributed by atoms with Crippen molar-refractivity contribution in [2.45, 2.75) is 50.3 Å². The Balaban J connectivity index is 1.80. The molecule has 0 aliphatic carbocycles. The molecule has 1 heterocycles. The van der Waals surface area contributed by atoms with E-state index in [1.165, 1.54) is 7.05 Å². The number of amides is 1. The first kappa shape index (κ1) is 29.9. The second-order valence-electron chi connectivity index (χ2n) is 9.79. The number of unbranched alkanes of at least 4 members (excludes halogenated alkanes) is 4. The van der Waals surface area contributed by atoms with Crippen LogP contribution in [0.3, 0.4) is 0 Å². The molecule has 1 saturated heterocycles. The summed E-state index contributed by atoms with van der Waals surface area (Å²) in [5.74, 6) is -0.122. The highest BCUT2D eigenvalue weighted by atomic mass is 32.2. The van der Waals surface area contributed by atoms with Crippen molar-refractivity contribution in [1.82, 2.24) is 5.32 Å². The summed E-state index contributed by atoms with van der Waals surface area (Å²) >= 11 is 0. The van der Waals surface area contributed by atoms with Crippen LogP contribution in [0.25, 0.3) is 0 Å². The lowest BCUT2D eigenvalue weighted by molar-refractivity contribution is 0.102. The highest BCUT2D eigenvalue weighted by Gasteiger charge is 2.22. The van der Waals surface area contributed by atoms with Gasteiger partial charge in [-0.05, 0) is 61.9 Å². The first-order valence-corrected chi connectivity index (χ1v) is 16.8. The van der Waals surface area contributed by atoms with Gasteiger partial charge >= 0.3 is 0 Å². The first-order valence-electron chi connectivity index (χ1n) is 13.2. The summed E-state index contributed by atoms with van der Waals surface area (Å²) < 4.78 is 46.9. The lowest BCUT2D eigenvalue weighted by Gasteiger charge is -2.26. The maximum atomic E-state index is 13.4. The molecule has 0 spiro atoms. The van der Waals surface area contributed by atoms with E-state index in [1.54, 1.807) is 36.4 Å². The zero-order valence-electron chi connectivity index (χ0n) is 22.7. The Hall–Kier alpha value is -2.63. The number of nitrogens with one attached hydrogen (secondary N) is 3. The highest BCUT2D eigenvalue weighted by molar-refractivity contribution is 7.92. The molecular formula is C27H41N5O4S2. The predicted octanol–water partition coefficient (Wildman–Crippen LogP) is 4.51. The average Bonchev–Trinajstić information content (AvgIpc) is 3.17. The van der Waals surface area contributed by atoms with Crippen LogP contribution in [0.2, 0.25) is 0 Å². The third kappa shape index (κ3) is 8.18. The smallest absolute Gasteiger partial charge is 0.257 e. The normalized spacial score (nSPS) is 15.9. The van der Waals surface area contributed by atoms with Crippen LogP contribution in [0, 0.1) is 4.78 Å². The van der Waals surface area contributed by atoms with Crippen LogP contribution >= 0.6 is 0 Å². The Morgan fingerprint density at radius 3 is 2.42 bits per heavy atom. The standard InChI is InChI=1S/C27H41N5O4S2/c1-4-5-6-7-8-20-38(28,36)24-13-10-22(11-14-24)30-27(33)25-21-23(32-18-9-16-29-17-19-32)12-15-26(25)31(2)37(3,34)35/h10-15,21,28-29H,4-9,16-20H2,1-3H3,(H,30,33). The minimum atomic E-state index is -3.59. The van der Waals surface area contributed by atoms with Gasteiger partial charge in [-0.15, -0.1) is 0 Å². The number of rotatable bonds is 12. The topological polar surface area (TPSA) is 123 Å². The van der Waals surface area contributed by atoms with Crippen molar-refractivity contribution in [3.63, 3.8) is 0 Å². The summed E-state index contributed by atoms with van der Waals surface area (Å²) in [4.78, 5) is 16.0. The van der Waals surface area contributed by atoms with Crippen molar-refractivity contribution in [2.24, 2.45) is 0 Å². The monoisotopic (exact) mass is 563 g/mol. The molecule has 1 fully saturated rings. The molecule has 2 aromatic rings. The van der Waals surface area contributed by atoms with E-state index >= 15 is 0 Å². The van der Waals surface area contributed by atoms with Crippen molar-refractivity contribution in [1.29, 1.82) is 4.78 Å². The van der Waals surface area contributed by atoms with Crippen LogP contribution in [-0.2, 0) is 19.8 Å². The fourth-order valence-corrected chi connectivity index (χ4v) is 6.38. The molecule has 3 N–H and O–H groups in total. The van der Waals surface area contributed by atoms with E-state index in [2.05, 4.69) is 22.5 Å². The third-order valence-electron chi connectivity index (χ3n) is 6.79. The van der Waals surface area contributed by atoms with Gasteiger partial charge in [-0.1, -0.05) is 32.6 Å². The van der Waals surface area contributed by atoms with Gasteiger partial charge in [0.25, 0.3) is 5.91 Å². The van der Waals surface area contributed by atoms with Crippen LogP contribution in [0.4, 0.5) is 17.1 Å². The van der Waals surface area contributed by atoms with E-state index in [0.717, 1.165) is 81.0 Å². The Labute approximate surface area is 228 Å². The fourth-order valence-electron chi connectivity index (χ4n) is 4.44. The molecule has 38 heavy (non-hydrogen) atoms. The van der Waals surface area contributed by atoms with Gasteiger partial charge in [0.15, 0.2) is 0 Å². The molecule has 9 nitrogen and oxygen atoms in total. The molecular weight excluding hydrogens is 522 g/mol. The van der Waals surface area contributed by atoms with Gasteiger partial charge in [-0.2, -0.15) is 0 Å². The van der Waals surface area contributed by atoms with Gasteiger partial charge in [0.2, 0.25) is 10.0 Å². The van der Waals surface area contributed by atoms with Crippen LogP contribution in [0.5, 0.6) is 0 Å². The molecule has 11 heteroatoms. The molecule has 3 rings (SSSR count). The lowest BCUT2D eigenvalue weighted by atomic mass is 10.1. The van der Waals surface area contributed by atoms with E-state index in [1.807, 2.05) is 6.07 Å². The number of carbonyl (C=O) groups excluding carboxylic acids is 1. The second kappa shape index (κ2) is 13.4. The molecule has 0 radical (unpaired) electrons. The summed E-state index contributed by atoms with van der Waals surface area (Å²) in [5.41, 5.74) is 1.87. The number of carbonyl (C=O) groups is 1. The van der Waals surface area contributed by atoms with E-state index in [9.17, 15) is 17.4 Å². The van der Waals surface area contributed by atoms with Crippen molar-refractivity contribution < 1.29 is 17.4 Å². The summed E-state index contributed by atoms with van der Waals surface area (Å²) in [6.07, 6.45) is 7.16. The van der Waals surface area contributed by atoms with Crippen molar-refractivity contribution in [3.8, 4) is 0 Å². The van der Waals surface area contributed by atoms with E-state index in [0.29, 0.717) is 16.3 Å². The first-order chi connectivity index (χ1) is 18.0. The van der Waals surface area contributed by atoms with E-state index < -0.39 is 25.7 Å². The van der Waals surface area contributed by atoms with Gasteiger partial charge in [0.05, 0.1) is 27.2 Å². The average molecular weight is 564 g/mol. The zero-order chi connectivity index (χ0) is 27.8. The Morgan fingerprint density at radius 1 is 1.03 bits per heavy atom. The van der Waals surface area contributed by atoms with Crippen LogP contribution in [0.15, 0.2) is 47.4 Å². The summed E-state index contributed by atoms with van der Waals surface area (Å²) in [7, 11) is -5.05. The maximum Gasteiger partial charge on any atom is 0.257 e. The fraction of sp³-hybridized carbons (Fsp3) is 0.519. The number of anilines is 3. The van der Waals surface area contributed by atoms with Crippen molar-refractivity contribution in [2.75, 3.05) is 59.8 Å².